The van der Waals surface area contributed by atoms with Crippen molar-refractivity contribution in [3.8, 4) is 5.75 Å². The summed E-state index contributed by atoms with van der Waals surface area (Å²) in [6.45, 7) is 6.81. The summed E-state index contributed by atoms with van der Waals surface area (Å²) in [5.74, 6) is 0.199. The van der Waals surface area contributed by atoms with Crippen LogP contribution in [0.2, 0.25) is 0 Å². The average molecular weight is 223 g/mol. The van der Waals surface area contributed by atoms with Crippen LogP contribution in [0.5, 0.6) is 5.75 Å². The van der Waals surface area contributed by atoms with Crippen LogP contribution < -0.4 is 5.32 Å². The second-order valence-electron chi connectivity index (χ2n) is 5.08. The lowest BCUT2D eigenvalue weighted by Gasteiger charge is -2.22. The van der Waals surface area contributed by atoms with Gasteiger partial charge in [-0.3, -0.25) is 0 Å². The van der Waals surface area contributed by atoms with Crippen molar-refractivity contribution < 1.29 is 10.2 Å². The third-order valence-electron chi connectivity index (χ3n) is 2.67. The van der Waals surface area contributed by atoms with Gasteiger partial charge in [-0.05, 0) is 24.1 Å². The van der Waals surface area contributed by atoms with Gasteiger partial charge in [-0.25, -0.2) is 0 Å². The van der Waals surface area contributed by atoms with E-state index < -0.39 is 0 Å². The van der Waals surface area contributed by atoms with Crippen LogP contribution in [0.1, 0.15) is 37.5 Å². The van der Waals surface area contributed by atoms with E-state index in [1.807, 2.05) is 19.2 Å². The van der Waals surface area contributed by atoms with Crippen LogP contribution in [0.15, 0.2) is 12.1 Å². The van der Waals surface area contributed by atoms with Crippen molar-refractivity contribution in [3.05, 3.63) is 28.8 Å². The molecule has 0 unspecified atom stereocenters. The monoisotopic (exact) mass is 223 g/mol. The second kappa shape index (κ2) is 4.85. The molecule has 0 bridgehead atoms. The number of benzene rings is 1. The van der Waals surface area contributed by atoms with E-state index in [4.69, 9.17) is 0 Å². The lowest BCUT2D eigenvalue weighted by molar-refractivity contribution is 0.274. The summed E-state index contributed by atoms with van der Waals surface area (Å²) >= 11 is 0. The largest absolute Gasteiger partial charge is 0.507 e. The maximum Gasteiger partial charge on any atom is 0.125 e. The van der Waals surface area contributed by atoms with E-state index >= 15 is 0 Å². The van der Waals surface area contributed by atoms with Crippen LogP contribution in [0, 0.1) is 0 Å². The molecule has 3 N–H and O–H groups in total. The van der Waals surface area contributed by atoms with Crippen LogP contribution in [-0.2, 0) is 18.6 Å². The SMILES string of the molecule is CNCc1cc(C(C)(C)C)cc(CO)c1O. The Labute approximate surface area is 97.1 Å². The molecule has 1 aromatic rings. The Morgan fingerprint density at radius 3 is 2.19 bits per heavy atom. The minimum atomic E-state index is -0.132. The predicted molar refractivity (Wildman–Crippen MR) is 65.5 cm³/mol. The van der Waals surface area contributed by atoms with Gasteiger partial charge in [-0.1, -0.05) is 26.8 Å². The van der Waals surface area contributed by atoms with Gasteiger partial charge in [-0.2, -0.15) is 0 Å². The summed E-state index contributed by atoms with van der Waals surface area (Å²) in [5.41, 5.74) is 2.57. The van der Waals surface area contributed by atoms with Gasteiger partial charge in [0.2, 0.25) is 0 Å². The molecule has 1 aromatic carbocycles. The maximum absolute atomic E-state index is 9.91. The van der Waals surface area contributed by atoms with Crippen molar-refractivity contribution in [2.75, 3.05) is 7.05 Å². The van der Waals surface area contributed by atoms with E-state index in [0.29, 0.717) is 12.1 Å². The lowest BCUT2D eigenvalue weighted by Crippen LogP contribution is -2.14. The summed E-state index contributed by atoms with van der Waals surface area (Å²) < 4.78 is 0. The molecule has 0 saturated carbocycles. The van der Waals surface area contributed by atoms with E-state index in [-0.39, 0.29) is 17.8 Å². The van der Waals surface area contributed by atoms with Crippen molar-refractivity contribution in [1.29, 1.82) is 0 Å². The molecule has 16 heavy (non-hydrogen) atoms. The van der Waals surface area contributed by atoms with Gasteiger partial charge >= 0.3 is 0 Å². The summed E-state index contributed by atoms with van der Waals surface area (Å²) in [5, 5.41) is 22.1. The highest BCUT2D eigenvalue weighted by Crippen LogP contribution is 2.31. The number of rotatable bonds is 3. The highest BCUT2D eigenvalue weighted by molar-refractivity contribution is 5.45. The number of hydrogen-bond donors (Lipinski definition) is 3. The van der Waals surface area contributed by atoms with E-state index in [0.717, 1.165) is 11.1 Å². The van der Waals surface area contributed by atoms with Crippen LogP contribution in [0.3, 0.4) is 0 Å². The van der Waals surface area contributed by atoms with Crippen LogP contribution in [0.4, 0.5) is 0 Å². The van der Waals surface area contributed by atoms with E-state index in [1.165, 1.54) is 0 Å². The summed E-state index contributed by atoms with van der Waals surface area (Å²) in [6, 6.07) is 3.86. The predicted octanol–water partition coefficient (Wildman–Crippen LogP) is 1.90. The molecule has 3 nitrogen and oxygen atoms in total. The Balaban J connectivity index is 3.28. The Morgan fingerprint density at radius 1 is 1.19 bits per heavy atom. The number of aromatic hydroxyl groups is 1. The number of nitrogens with one attached hydrogen (secondary N) is 1. The molecule has 0 saturated heterocycles. The molecular weight excluding hydrogens is 202 g/mol. The summed E-state index contributed by atoms with van der Waals surface area (Å²) in [7, 11) is 1.84. The van der Waals surface area contributed by atoms with E-state index in [2.05, 4.69) is 26.1 Å². The molecule has 0 fully saturated rings. The number of hydrogen-bond acceptors (Lipinski definition) is 3. The van der Waals surface area contributed by atoms with Gasteiger partial charge < -0.3 is 15.5 Å². The number of phenols is 1. The third-order valence-corrected chi connectivity index (χ3v) is 2.67. The molecule has 1 rings (SSSR count). The first kappa shape index (κ1) is 13.0. The molecule has 0 aliphatic carbocycles. The van der Waals surface area contributed by atoms with Gasteiger partial charge in [0, 0.05) is 17.7 Å². The van der Waals surface area contributed by atoms with Crippen LogP contribution in [0.25, 0.3) is 0 Å². The average Bonchev–Trinajstić information content (AvgIpc) is 2.19. The first-order chi connectivity index (χ1) is 7.40. The van der Waals surface area contributed by atoms with Gasteiger partial charge in [0.1, 0.15) is 5.75 Å². The van der Waals surface area contributed by atoms with Crippen molar-refractivity contribution in [2.24, 2.45) is 0 Å². The Kier molecular flexibility index (Phi) is 3.94. The smallest absolute Gasteiger partial charge is 0.125 e. The fourth-order valence-electron chi connectivity index (χ4n) is 1.64. The van der Waals surface area contributed by atoms with Gasteiger partial charge in [0.05, 0.1) is 6.61 Å². The van der Waals surface area contributed by atoms with Crippen LogP contribution >= 0.6 is 0 Å². The standard InChI is InChI=1S/C13H21NO2/c1-13(2,3)11-5-9(7-14-4)12(16)10(6-11)8-15/h5-6,14-16H,7-8H2,1-4H3. The molecule has 0 heterocycles. The Bertz CT molecular complexity index is 367. The van der Waals surface area contributed by atoms with Crippen molar-refractivity contribution in [3.63, 3.8) is 0 Å². The van der Waals surface area contributed by atoms with Crippen molar-refractivity contribution in [1.82, 2.24) is 5.32 Å². The minimum Gasteiger partial charge on any atom is -0.507 e. The number of aliphatic hydroxyl groups excluding tert-OH is 1. The van der Waals surface area contributed by atoms with E-state index in [1.54, 1.807) is 0 Å². The highest BCUT2D eigenvalue weighted by atomic mass is 16.3. The second-order valence-corrected chi connectivity index (χ2v) is 5.08. The quantitative estimate of drug-likeness (QED) is 0.733. The van der Waals surface area contributed by atoms with Gasteiger partial charge in [-0.15, -0.1) is 0 Å². The molecule has 0 aliphatic heterocycles. The Hall–Kier alpha value is -1.06. The fourth-order valence-corrected chi connectivity index (χ4v) is 1.64. The fraction of sp³-hybridized carbons (Fsp3) is 0.538. The number of aliphatic hydroxyl groups is 1. The topological polar surface area (TPSA) is 52.5 Å². The summed E-state index contributed by atoms with van der Waals surface area (Å²) in [6.07, 6.45) is 0. The molecule has 0 spiro atoms. The molecule has 3 heteroatoms. The highest BCUT2D eigenvalue weighted by Gasteiger charge is 2.17. The molecule has 0 amide bonds. The van der Waals surface area contributed by atoms with Gasteiger partial charge in [0.25, 0.3) is 0 Å². The molecule has 0 aliphatic rings. The normalized spacial score (nSPS) is 11.8. The first-order valence-corrected chi connectivity index (χ1v) is 5.51. The molecular formula is C13H21NO2. The molecule has 0 radical (unpaired) electrons. The zero-order chi connectivity index (χ0) is 12.3. The maximum atomic E-state index is 9.91. The molecule has 0 aromatic heterocycles. The van der Waals surface area contributed by atoms with Gasteiger partial charge in [0.15, 0.2) is 0 Å². The van der Waals surface area contributed by atoms with Crippen molar-refractivity contribution >= 4 is 0 Å². The summed E-state index contributed by atoms with van der Waals surface area (Å²) in [4.78, 5) is 0. The van der Waals surface area contributed by atoms with E-state index in [9.17, 15) is 10.2 Å². The first-order valence-electron chi connectivity index (χ1n) is 5.51. The molecule has 0 atom stereocenters. The zero-order valence-electron chi connectivity index (χ0n) is 10.5. The third kappa shape index (κ3) is 2.74. The Morgan fingerprint density at radius 2 is 1.75 bits per heavy atom. The molecule has 90 valence electrons. The lowest BCUT2D eigenvalue weighted by atomic mass is 9.84. The zero-order valence-corrected chi connectivity index (χ0v) is 10.5. The van der Waals surface area contributed by atoms with Crippen LogP contribution in [-0.4, -0.2) is 17.3 Å². The minimum absolute atomic E-state index is 0.0140. The van der Waals surface area contributed by atoms with Crippen molar-refractivity contribution in [2.45, 2.75) is 39.3 Å².